The summed E-state index contributed by atoms with van der Waals surface area (Å²) in [5.74, 6) is 0.120. The van der Waals surface area contributed by atoms with E-state index in [4.69, 9.17) is 4.74 Å². The standard InChI is InChI=1S/C12H22BrNO2/c1-12(2,5-6-13)9-14-11(15)8-10-4-3-7-16-10/h10H,3-9H2,1-2H3,(H,14,15). The lowest BCUT2D eigenvalue weighted by Gasteiger charge is -2.24. The predicted octanol–water partition coefficient (Wildman–Crippen LogP) is 2.48. The molecule has 0 aromatic rings. The molecule has 4 heteroatoms. The van der Waals surface area contributed by atoms with Crippen molar-refractivity contribution in [1.29, 1.82) is 0 Å². The Hall–Kier alpha value is -0.0900. The molecule has 94 valence electrons. The molecule has 1 fully saturated rings. The first-order valence-corrected chi connectivity index (χ1v) is 7.10. The van der Waals surface area contributed by atoms with Gasteiger partial charge in [-0.2, -0.15) is 0 Å². The van der Waals surface area contributed by atoms with Crippen LogP contribution in [0, 0.1) is 5.41 Å². The largest absolute Gasteiger partial charge is 0.378 e. The molecule has 1 aliphatic rings. The zero-order chi connectivity index (χ0) is 12.0. The van der Waals surface area contributed by atoms with E-state index in [0.717, 1.165) is 37.7 Å². The number of rotatable bonds is 6. The van der Waals surface area contributed by atoms with Gasteiger partial charge in [0.2, 0.25) is 5.91 Å². The van der Waals surface area contributed by atoms with E-state index in [9.17, 15) is 4.79 Å². The molecule has 0 radical (unpaired) electrons. The fraction of sp³-hybridized carbons (Fsp3) is 0.917. The van der Waals surface area contributed by atoms with Gasteiger partial charge in [-0.25, -0.2) is 0 Å². The fourth-order valence-electron chi connectivity index (χ4n) is 1.77. The number of amides is 1. The highest BCUT2D eigenvalue weighted by Gasteiger charge is 2.21. The minimum Gasteiger partial charge on any atom is -0.378 e. The van der Waals surface area contributed by atoms with E-state index >= 15 is 0 Å². The summed E-state index contributed by atoms with van der Waals surface area (Å²) >= 11 is 3.43. The summed E-state index contributed by atoms with van der Waals surface area (Å²) in [6, 6.07) is 0. The van der Waals surface area contributed by atoms with Crippen molar-refractivity contribution in [3.05, 3.63) is 0 Å². The molecule has 1 atom stereocenters. The van der Waals surface area contributed by atoms with Crippen molar-refractivity contribution < 1.29 is 9.53 Å². The lowest BCUT2D eigenvalue weighted by atomic mass is 9.90. The van der Waals surface area contributed by atoms with Crippen LogP contribution in [0.2, 0.25) is 0 Å². The number of alkyl halides is 1. The number of ether oxygens (including phenoxy) is 1. The molecule has 0 aliphatic carbocycles. The van der Waals surface area contributed by atoms with Gasteiger partial charge in [-0.05, 0) is 24.7 Å². The van der Waals surface area contributed by atoms with E-state index in [1.165, 1.54) is 0 Å². The van der Waals surface area contributed by atoms with Gasteiger partial charge in [0.25, 0.3) is 0 Å². The van der Waals surface area contributed by atoms with Crippen molar-refractivity contribution in [2.45, 2.75) is 45.6 Å². The summed E-state index contributed by atoms with van der Waals surface area (Å²) in [6.07, 6.45) is 3.85. The molecule has 3 nitrogen and oxygen atoms in total. The third-order valence-electron chi connectivity index (χ3n) is 2.97. The van der Waals surface area contributed by atoms with E-state index in [1.807, 2.05) is 0 Å². The maximum absolute atomic E-state index is 11.6. The van der Waals surface area contributed by atoms with Crippen LogP contribution in [0.15, 0.2) is 0 Å². The van der Waals surface area contributed by atoms with E-state index in [0.29, 0.717) is 6.42 Å². The Morgan fingerprint density at radius 1 is 1.56 bits per heavy atom. The molecular formula is C12H22BrNO2. The summed E-state index contributed by atoms with van der Waals surface area (Å²) in [6.45, 7) is 5.89. The zero-order valence-corrected chi connectivity index (χ0v) is 11.8. The SMILES string of the molecule is CC(C)(CCBr)CNC(=O)CC1CCCO1. The quantitative estimate of drug-likeness (QED) is 0.764. The molecule has 1 rings (SSSR count). The van der Waals surface area contributed by atoms with Gasteiger partial charge in [-0.15, -0.1) is 0 Å². The third-order valence-corrected chi connectivity index (χ3v) is 3.37. The van der Waals surface area contributed by atoms with Gasteiger partial charge in [0.1, 0.15) is 0 Å². The van der Waals surface area contributed by atoms with Gasteiger partial charge in [0, 0.05) is 18.5 Å². The van der Waals surface area contributed by atoms with Crippen LogP contribution in [0.5, 0.6) is 0 Å². The van der Waals surface area contributed by atoms with Gasteiger partial charge in [-0.3, -0.25) is 4.79 Å². The van der Waals surface area contributed by atoms with Crippen LogP contribution in [0.1, 0.15) is 39.5 Å². The minimum atomic E-state index is 0.120. The minimum absolute atomic E-state index is 0.120. The summed E-state index contributed by atoms with van der Waals surface area (Å²) in [4.78, 5) is 11.6. The van der Waals surface area contributed by atoms with Crippen LogP contribution in [0.4, 0.5) is 0 Å². The van der Waals surface area contributed by atoms with E-state index < -0.39 is 0 Å². The lowest BCUT2D eigenvalue weighted by molar-refractivity contribution is -0.123. The molecule has 1 unspecified atom stereocenters. The first-order valence-electron chi connectivity index (χ1n) is 5.98. The molecule has 0 bridgehead atoms. The molecule has 1 aliphatic heterocycles. The molecule has 0 spiro atoms. The third kappa shape index (κ3) is 5.30. The highest BCUT2D eigenvalue weighted by atomic mass is 79.9. The topological polar surface area (TPSA) is 38.3 Å². The number of hydrogen-bond donors (Lipinski definition) is 1. The lowest BCUT2D eigenvalue weighted by Crippen LogP contribution is -2.35. The van der Waals surface area contributed by atoms with Gasteiger partial charge in [0.15, 0.2) is 0 Å². The van der Waals surface area contributed by atoms with Gasteiger partial charge < -0.3 is 10.1 Å². The van der Waals surface area contributed by atoms with Crippen molar-refractivity contribution >= 4 is 21.8 Å². The summed E-state index contributed by atoms with van der Waals surface area (Å²) in [7, 11) is 0. The Balaban J connectivity index is 2.18. The Morgan fingerprint density at radius 2 is 2.31 bits per heavy atom. The summed E-state index contributed by atoms with van der Waals surface area (Å²) in [5.41, 5.74) is 0.162. The second kappa shape index (κ2) is 6.60. The highest BCUT2D eigenvalue weighted by Crippen LogP contribution is 2.20. The number of nitrogens with one attached hydrogen (secondary N) is 1. The second-order valence-electron chi connectivity index (χ2n) is 5.22. The molecular weight excluding hydrogens is 270 g/mol. The molecule has 1 heterocycles. The van der Waals surface area contributed by atoms with Crippen molar-refractivity contribution in [3.8, 4) is 0 Å². The van der Waals surface area contributed by atoms with Crippen molar-refractivity contribution in [3.63, 3.8) is 0 Å². The summed E-state index contributed by atoms with van der Waals surface area (Å²) in [5, 5.41) is 3.97. The van der Waals surface area contributed by atoms with Gasteiger partial charge in [-0.1, -0.05) is 29.8 Å². The molecule has 0 aromatic heterocycles. The molecule has 0 saturated carbocycles. The average Bonchev–Trinajstić information content (AvgIpc) is 2.68. The normalized spacial score (nSPS) is 21.1. The van der Waals surface area contributed by atoms with Crippen molar-refractivity contribution in [2.75, 3.05) is 18.5 Å². The number of halogens is 1. The molecule has 1 amide bonds. The first-order chi connectivity index (χ1) is 7.53. The molecule has 0 aromatic carbocycles. The molecule has 1 N–H and O–H groups in total. The van der Waals surface area contributed by atoms with E-state index in [1.54, 1.807) is 0 Å². The van der Waals surface area contributed by atoms with Crippen molar-refractivity contribution in [1.82, 2.24) is 5.32 Å². The van der Waals surface area contributed by atoms with Crippen LogP contribution in [0.3, 0.4) is 0 Å². The van der Waals surface area contributed by atoms with Crippen molar-refractivity contribution in [2.24, 2.45) is 5.41 Å². The Labute approximate surface area is 106 Å². The fourth-order valence-corrected chi connectivity index (χ4v) is 2.84. The van der Waals surface area contributed by atoms with Crippen LogP contribution in [-0.2, 0) is 9.53 Å². The predicted molar refractivity (Wildman–Crippen MR) is 68.8 cm³/mol. The Kier molecular flexibility index (Phi) is 5.76. The Bertz CT molecular complexity index is 225. The number of carbonyl (C=O) groups excluding carboxylic acids is 1. The van der Waals surface area contributed by atoms with Crippen LogP contribution in [-0.4, -0.2) is 30.5 Å². The van der Waals surface area contributed by atoms with E-state index in [-0.39, 0.29) is 17.4 Å². The van der Waals surface area contributed by atoms with Gasteiger partial charge >= 0.3 is 0 Å². The summed E-state index contributed by atoms with van der Waals surface area (Å²) < 4.78 is 5.43. The zero-order valence-electron chi connectivity index (χ0n) is 10.2. The van der Waals surface area contributed by atoms with Crippen LogP contribution >= 0.6 is 15.9 Å². The monoisotopic (exact) mass is 291 g/mol. The molecule has 16 heavy (non-hydrogen) atoms. The smallest absolute Gasteiger partial charge is 0.222 e. The average molecular weight is 292 g/mol. The van der Waals surface area contributed by atoms with Crippen LogP contribution in [0.25, 0.3) is 0 Å². The van der Waals surface area contributed by atoms with Gasteiger partial charge in [0.05, 0.1) is 12.5 Å². The second-order valence-corrected chi connectivity index (χ2v) is 6.01. The maximum atomic E-state index is 11.6. The van der Waals surface area contributed by atoms with E-state index in [2.05, 4.69) is 35.1 Å². The first kappa shape index (κ1) is 14.0. The van der Waals surface area contributed by atoms with Crippen LogP contribution < -0.4 is 5.32 Å². The number of carbonyl (C=O) groups is 1. The number of hydrogen-bond acceptors (Lipinski definition) is 2. The highest BCUT2D eigenvalue weighted by molar-refractivity contribution is 9.09. The Morgan fingerprint density at radius 3 is 2.88 bits per heavy atom. The maximum Gasteiger partial charge on any atom is 0.222 e. The molecule has 1 saturated heterocycles.